The van der Waals surface area contributed by atoms with Crippen LogP contribution in [-0.2, 0) is 15.2 Å². The van der Waals surface area contributed by atoms with Gasteiger partial charge in [-0.05, 0) is 25.0 Å². The third-order valence-corrected chi connectivity index (χ3v) is 6.13. The molecule has 3 N–H and O–H groups in total. The number of esters is 1. The lowest BCUT2D eigenvalue weighted by Crippen LogP contribution is -2.54. The molecule has 0 bridgehead atoms. The summed E-state index contributed by atoms with van der Waals surface area (Å²) in [6.07, 6.45) is 1.34. The van der Waals surface area contributed by atoms with Gasteiger partial charge in [-0.1, -0.05) is 74.5 Å². The lowest BCUT2D eigenvalue weighted by atomic mass is 9.80. The first-order chi connectivity index (χ1) is 18.1. The summed E-state index contributed by atoms with van der Waals surface area (Å²) in [6, 6.07) is 17.8. The van der Waals surface area contributed by atoms with Gasteiger partial charge in [0.2, 0.25) is 11.7 Å². The van der Waals surface area contributed by atoms with E-state index in [2.05, 4.69) is 15.6 Å². The third kappa shape index (κ3) is 6.18. The van der Waals surface area contributed by atoms with E-state index >= 15 is 0 Å². The van der Waals surface area contributed by atoms with E-state index in [9.17, 15) is 19.5 Å². The topological polar surface area (TPSA) is 127 Å². The van der Waals surface area contributed by atoms with Gasteiger partial charge in [0.25, 0.3) is 5.91 Å². The van der Waals surface area contributed by atoms with Gasteiger partial charge in [0, 0.05) is 12.3 Å². The molecule has 0 aliphatic rings. The predicted molar refractivity (Wildman–Crippen MR) is 142 cm³/mol. The fourth-order valence-electron chi connectivity index (χ4n) is 3.89. The normalized spacial score (nSPS) is 12.8. The number of pyridine rings is 1. The van der Waals surface area contributed by atoms with Crippen LogP contribution in [0.25, 0.3) is 0 Å². The Balaban J connectivity index is 1.80. The van der Waals surface area contributed by atoms with Crippen LogP contribution in [0.15, 0.2) is 72.9 Å². The number of aliphatic hydroxyl groups is 1. The van der Waals surface area contributed by atoms with Crippen LogP contribution in [0, 0.1) is 5.92 Å². The van der Waals surface area contributed by atoms with Gasteiger partial charge in [-0.2, -0.15) is 0 Å². The molecule has 1 aromatic heterocycles. The van der Waals surface area contributed by atoms with E-state index in [1.54, 1.807) is 45.0 Å². The minimum atomic E-state index is -1.53. The van der Waals surface area contributed by atoms with Gasteiger partial charge in [0.15, 0.2) is 11.4 Å². The van der Waals surface area contributed by atoms with Crippen molar-refractivity contribution in [2.75, 3.05) is 7.11 Å². The second kappa shape index (κ2) is 12.3. The summed E-state index contributed by atoms with van der Waals surface area (Å²) >= 11 is 0. The summed E-state index contributed by atoms with van der Waals surface area (Å²) in [7, 11) is 1.38. The van der Waals surface area contributed by atoms with Crippen molar-refractivity contribution < 1.29 is 29.0 Å². The van der Waals surface area contributed by atoms with Gasteiger partial charge in [0.05, 0.1) is 19.1 Å². The first-order valence-corrected chi connectivity index (χ1v) is 12.3. The van der Waals surface area contributed by atoms with E-state index in [1.165, 1.54) is 26.3 Å². The Labute approximate surface area is 222 Å². The minimum absolute atomic E-state index is 0.130. The van der Waals surface area contributed by atoms with Crippen LogP contribution in [-0.4, -0.2) is 47.1 Å². The molecular formula is C29H33N3O6. The summed E-state index contributed by atoms with van der Waals surface area (Å²) in [5, 5.41) is 17.3. The van der Waals surface area contributed by atoms with Gasteiger partial charge in [-0.3, -0.25) is 14.4 Å². The number of rotatable bonds is 10. The molecule has 0 radical (unpaired) electrons. The summed E-state index contributed by atoms with van der Waals surface area (Å²) in [5.41, 5.74) is -0.522. The molecule has 9 heteroatoms. The maximum atomic E-state index is 13.1. The van der Waals surface area contributed by atoms with Crippen molar-refractivity contribution >= 4 is 17.8 Å². The molecule has 3 rings (SSSR count). The van der Waals surface area contributed by atoms with Crippen molar-refractivity contribution in [1.82, 2.24) is 15.6 Å². The highest BCUT2D eigenvalue weighted by Gasteiger charge is 2.39. The number of hydrogen-bond donors (Lipinski definition) is 3. The van der Waals surface area contributed by atoms with Crippen molar-refractivity contribution in [3.05, 3.63) is 89.7 Å². The van der Waals surface area contributed by atoms with Crippen molar-refractivity contribution in [3.8, 4) is 11.5 Å². The molecule has 3 aromatic rings. The molecule has 1 heterocycles. The standard InChI is InChI=1S/C29H33N3O6/c1-18(2)28(35)38-25-23(37-5)16-17-30-24(25)27(34)31-19(3)26(33)32-20(4)29(36,21-12-8-6-9-13-21)22-14-10-7-11-15-22/h6-20,36H,1-5H3,(H,31,34)(H,32,33)/t19-,20-/m0/s1. The van der Waals surface area contributed by atoms with Crippen LogP contribution in [0.4, 0.5) is 0 Å². The number of aromatic nitrogens is 1. The first-order valence-electron chi connectivity index (χ1n) is 12.3. The maximum Gasteiger partial charge on any atom is 0.313 e. The molecule has 2 aromatic carbocycles. The highest BCUT2D eigenvalue weighted by Crippen LogP contribution is 2.33. The molecule has 0 aliphatic heterocycles. The Hall–Kier alpha value is -4.24. The number of amides is 2. The molecule has 0 saturated carbocycles. The van der Waals surface area contributed by atoms with Crippen LogP contribution in [0.5, 0.6) is 11.5 Å². The first kappa shape index (κ1) is 28.3. The summed E-state index contributed by atoms with van der Waals surface area (Å²) in [6.45, 7) is 6.51. The summed E-state index contributed by atoms with van der Waals surface area (Å²) < 4.78 is 10.6. The average molecular weight is 520 g/mol. The highest BCUT2D eigenvalue weighted by atomic mass is 16.6. The lowest BCUT2D eigenvalue weighted by molar-refractivity contribution is -0.137. The van der Waals surface area contributed by atoms with Crippen molar-refractivity contribution in [2.45, 2.75) is 45.4 Å². The van der Waals surface area contributed by atoms with Crippen LogP contribution in [0.1, 0.15) is 49.3 Å². The second-order valence-electron chi connectivity index (χ2n) is 9.19. The van der Waals surface area contributed by atoms with E-state index in [4.69, 9.17) is 9.47 Å². The Morgan fingerprint density at radius 2 is 1.42 bits per heavy atom. The van der Waals surface area contributed by atoms with E-state index in [0.29, 0.717) is 11.1 Å². The van der Waals surface area contributed by atoms with Crippen LogP contribution < -0.4 is 20.1 Å². The largest absolute Gasteiger partial charge is 0.493 e. The van der Waals surface area contributed by atoms with Crippen LogP contribution in [0.3, 0.4) is 0 Å². The maximum absolute atomic E-state index is 13.1. The molecule has 0 spiro atoms. The van der Waals surface area contributed by atoms with Gasteiger partial charge in [0.1, 0.15) is 11.6 Å². The van der Waals surface area contributed by atoms with Gasteiger partial charge in [-0.15, -0.1) is 0 Å². The number of hydrogen-bond acceptors (Lipinski definition) is 7. The fourth-order valence-corrected chi connectivity index (χ4v) is 3.89. The zero-order chi connectivity index (χ0) is 27.9. The number of carbonyl (C=O) groups is 3. The van der Waals surface area contributed by atoms with Crippen molar-refractivity contribution in [1.29, 1.82) is 0 Å². The fraction of sp³-hybridized carbons (Fsp3) is 0.310. The van der Waals surface area contributed by atoms with Crippen molar-refractivity contribution in [2.24, 2.45) is 5.92 Å². The smallest absolute Gasteiger partial charge is 0.313 e. The van der Waals surface area contributed by atoms with E-state index in [1.807, 2.05) is 36.4 Å². The summed E-state index contributed by atoms with van der Waals surface area (Å²) in [4.78, 5) is 42.5. The highest BCUT2D eigenvalue weighted by molar-refractivity contribution is 5.99. The number of ether oxygens (including phenoxy) is 2. The van der Waals surface area contributed by atoms with Gasteiger partial charge in [-0.25, -0.2) is 4.98 Å². The Kier molecular flexibility index (Phi) is 9.20. The molecule has 0 saturated heterocycles. The molecule has 9 nitrogen and oxygen atoms in total. The third-order valence-electron chi connectivity index (χ3n) is 6.13. The molecular weight excluding hydrogens is 486 g/mol. The molecule has 2 atom stereocenters. The minimum Gasteiger partial charge on any atom is -0.493 e. The van der Waals surface area contributed by atoms with Crippen molar-refractivity contribution in [3.63, 3.8) is 0 Å². The molecule has 0 unspecified atom stereocenters. The Bertz CT molecular complexity index is 1220. The number of methoxy groups -OCH3 is 1. The van der Waals surface area contributed by atoms with Gasteiger partial charge >= 0.3 is 5.97 Å². The zero-order valence-corrected chi connectivity index (χ0v) is 22.1. The van der Waals surface area contributed by atoms with E-state index in [0.717, 1.165) is 0 Å². The summed E-state index contributed by atoms with van der Waals surface area (Å²) in [5.74, 6) is -2.25. The lowest BCUT2D eigenvalue weighted by Gasteiger charge is -2.36. The molecule has 0 fully saturated rings. The van der Waals surface area contributed by atoms with Crippen LogP contribution in [0.2, 0.25) is 0 Å². The second-order valence-corrected chi connectivity index (χ2v) is 9.19. The monoisotopic (exact) mass is 519 g/mol. The Morgan fingerprint density at radius 1 is 0.868 bits per heavy atom. The molecule has 2 amide bonds. The Morgan fingerprint density at radius 3 is 1.92 bits per heavy atom. The molecule has 200 valence electrons. The van der Waals surface area contributed by atoms with E-state index in [-0.39, 0.29) is 17.2 Å². The van der Waals surface area contributed by atoms with Crippen LogP contribution >= 0.6 is 0 Å². The SMILES string of the molecule is COc1ccnc(C(=O)N[C@@H](C)C(=O)N[C@@H](C)C(O)(c2ccccc2)c2ccccc2)c1OC(=O)C(C)C. The molecule has 0 aliphatic carbocycles. The number of nitrogens with zero attached hydrogens (tertiary/aromatic N) is 1. The zero-order valence-electron chi connectivity index (χ0n) is 22.1. The van der Waals surface area contributed by atoms with E-state index < -0.39 is 41.4 Å². The number of carbonyl (C=O) groups excluding carboxylic acids is 3. The number of nitrogens with one attached hydrogen (secondary N) is 2. The quantitative estimate of drug-likeness (QED) is 0.351. The van der Waals surface area contributed by atoms with Gasteiger partial charge < -0.3 is 25.2 Å². The molecule has 38 heavy (non-hydrogen) atoms. The number of benzene rings is 2. The predicted octanol–water partition coefficient (Wildman–Crippen LogP) is 3.21. The average Bonchev–Trinajstić information content (AvgIpc) is 2.93.